The van der Waals surface area contributed by atoms with Crippen molar-refractivity contribution in [2.45, 2.75) is 6.18 Å². The number of alkyl halides is 3. The molecular weight excluding hydrogens is 269 g/mol. The van der Waals surface area contributed by atoms with Crippen molar-refractivity contribution >= 4 is 23.2 Å². The molecule has 1 aromatic rings. The molecule has 1 heterocycles. The first-order chi connectivity index (χ1) is 8.38. The normalized spacial score (nSPS) is 16.2. The molecule has 1 amide bonds. The van der Waals surface area contributed by atoms with Gasteiger partial charge in [-0.1, -0.05) is 11.6 Å². The molecule has 1 aromatic carbocycles. The summed E-state index contributed by atoms with van der Waals surface area (Å²) in [5, 5.41) is 5.40. The predicted octanol–water partition coefficient (Wildman–Crippen LogP) is 2.52. The van der Waals surface area contributed by atoms with Crippen LogP contribution < -0.4 is 10.6 Å². The maximum absolute atomic E-state index is 12.5. The predicted molar refractivity (Wildman–Crippen MR) is 61.4 cm³/mol. The lowest BCUT2D eigenvalue weighted by Gasteiger charge is -2.26. The van der Waals surface area contributed by atoms with E-state index in [1.54, 1.807) is 0 Å². The van der Waals surface area contributed by atoms with Gasteiger partial charge in [0.2, 0.25) is 5.91 Å². The van der Waals surface area contributed by atoms with Gasteiger partial charge in [-0.2, -0.15) is 13.2 Å². The maximum atomic E-state index is 12.5. The molecule has 0 bridgehead atoms. The van der Waals surface area contributed by atoms with Crippen LogP contribution in [0.5, 0.6) is 0 Å². The molecule has 1 aliphatic heterocycles. The number of carbonyl (C=O) groups excluding carboxylic acids is 1. The second-order valence-corrected chi connectivity index (χ2v) is 4.44. The van der Waals surface area contributed by atoms with E-state index in [9.17, 15) is 18.0 Å². The van der Waals surface area contributed by atoms with E-state index in [0.29, 0.717) is 13.1 Å². The first-order valence-corrected chi connectivity index (χ1v) is 5.64. The largest absolute Gasteiger partial charge is 0.416 e. The molecule has 98 valence electrons. The highest BCUT2D eigenvalue weighted by Crippen LogP contribution is 2.33. The lowest BCUT2D eigenvalue weighted by atomic mass is 10.0. The molecule has 3 nitrogen and oxygen atoms in total. The number of hydrogen-bond acceptors (Lipinski definition) is 2. The van der Waals surface area contributed by atoms with Crippen molar-refractivity contribution in [2.24, 2.45) is 5.92 Å². The van der Waals surface area contributed by atoms with E-state index in [-0.39, 0.29) is 22.5 Å². The Morgan fingerprint density at radius 2 is 2.06 bits per heavy atom. The van der Waals surface area contributed by atoms with Gasteiger partial charge in [0.15, 0.2) is 0 Å². The maximum Gasteiger partial charge on any atom is 0.416 e. The number of nitrogens with one attached hydrogen (secondary N) is 2. The number of halogens is 4. The van der Waals surface area contributed by atoms with E-state index in [0.717, 1.165) is 18.2 Å². The summed E-state index contributed by atoms with van der Waals surface area (Å²) in [6, 6.07) is 2.84. The highest BCUT2D eigenvalue weighted by atomic mass is 35.5. The smallest absolute Gasteiger partial charge is 0.324 e. The average Bonchev–Trinajstić information content (AvgIpc) is 2.16. The Hall–Kier alpha value is -1.27. The first kappa shape index (κ1) is 13.2. The van der Waals surface area contributed by atoms with Crippen LogP contribution in [0.2, 0.25) is 5.02 Å². The van der Waals surface area contributed by atoms with Crippen LogP contribution in [-0.2, 0) is 11.0 Å². The molecule has 0 atom stereocenters. The molecule has 1 fully saturated rings. The van der Waals surface area contributed by atoms with Gasteiger partial charge in [-0.3, -0.25) is 4.79 Å². The van der Waals surface area contributed by atoms with Gasteiger partial charge in [0, 0.05) is 13.1 Å². The lowest BCUT2D eigenvalue weighted by Crippen LogP contribution is -2.48. The molecule has 0 unspecified atom stereocenters. The molecule has 2 rings (SSSR count). The number of rotatable bonds is 2. The Labute approximate surface area is 106 Å². The average molecular weight is 279 g/mol. The second-order valence-electron chi connectivity index (χ2n) is 4.04. The van der Waals surface area contributed by atoms with Gasteiger partial charge in [-0.05, 0) is 18.2 Å². The van der Waals surface area contributed by atoms with Gasteiger partial charge >= 0.3 is 6.18 Å². The summed E-state index contributed by atoms with van der Waals surface area (Å²) in [6.45, 7) is 1.06. The summed E-state index contributed by atoms with van der Waals surface area (Å²) in [6.07, 6.45) is -4.46. The Bertz CT molecular complexity index is 472. The molecule has 18 heavy (non-hydrogen) atoms. The topological polar surface area (TPSA) is 41.1 Å². The number of anilines is 1. The van der Waals surface area contributed by atoms with Crippen LogP contribution in [0.1, 0.15) is 5.56 Å². The second kappa shape index (κ2) is 4.78. The van der Waals surface area contributed by atoms with Gasteiger partial charge in [-0.25, -0.2) is 0 Å². The summed E-state index contributed by atoms with van der Waals surface area (Å²) >= 11 is 5.76. The van der Waals surface area contributed by atoms with Crippen molar-refractivity contribution in [3.63, 3.8) is 0 Å². The van der Waals surface area contributed by atoms with Gasteiger partial charge in [0.05, 0.1) is 22.2 Å². The fourth-order valence-electron chi connectivity index (χ4n) is 1.51. The fraction of sp³-hybridized carbons (Fsp3) is 0.364. The Balaban J connectivity index is 2.18. The van der Waals surface area contributed by atoms with Crippen LogP contribution in [0, 0.1) is 5.92 Å². The zero-order chi connectivity index (χ0) is 13.3. The summed E-state index contributed by atoms with van der Waals surface area (Å²) in [5.74, 6) is -0.536. The molecular formula is C11H10ClF3N2O. The number of benzene rings is 1. The first-order valence-electron chi connectivity index (χ1n) is 5.26. The molecule has 0 spiro atoms. The molecule has 0 saturated carbocycles. The molecule has 0 radical (unpaired) electrons. The number of amides is 1. The minimum atomic E-state index is -4.46. The van der Waals surface area contributed by atoms with E-state index >= 15 is 0 Å². The van der Waals surface area contributed by atoms with E-state index in [4.69, 9.17) is 11.6 Å². The van der Waals surface area contributed by atoms with Gasteiger partial charge in [-0.15, -0.1) is 0 Å². The van der Waals surface area contributed by atoms with Gasteiger partial charge in [0.1, 0.15) is 0 Å². The molecule has 1 aliphatic rings. The quantitative estimate of drug-likeness (QED) is 0.873. The molecule has 2 N–H and O–H groups in total. The highest BCUT2D eigenvalue weighted by molar-refractivity contribution is 6.33. The molecule has 1 saturated heterocycles. The van der Waals surface area contributed by atoms with Crippen molar-refractivity contribution in [2.75, 3.05) is 18.4 Å². The SMILES string of the molecule is O=C(Nc1cc(C(F)(F)F)ccc1Cl)C1CNC1. The Kier molecular flexibility index (Phi) is 3.49. The summed E-state index contributed by atoms with van der Waals surface area (Å²) in [5.41, 5.74) is -0.850. The van der Waals surface area contributed by atoms with Gasteiger partial charge < -0.3 is 10.6 Å². The monoisotopic (exact) mass is 278 g/mol. The molecule has 0 aliphatic carbocycles. The van der Waals surface area contributed by atoms with Crippen LogP contribution >= 0.6 is 11.6 Å². The zero-order valence-electron chi connectivity index (χ0n) is 9.14. The highest BCUT2D eigenvalue weighted by Gasteiger charge is 2.31. The van der Waals surface area contributed by atoms with E-state index in [1.165, 1.54) is 0 Å². The minimum absolute atomic E-state index is 0.0107. The molecule has 7 heteroatoms. The van der Waals surface area contributed by atoms with E-state index in [2.05, 4.69) is 10.6 Å². The van der Waals surface area contributed by atoms with E-state index in [1.807, 2.05) is 0 Å². The number of hydrogen-bond donors (Lipinski definition) is 2. The Morgan fingerprint density at radius 3 is 2.56 bits per heavy atom. The van der Waals surface area contributed by atoms with Crippen LogP contribution in [-0.4, -0.2) is 19.0 Å². The summed E-state index contributed by atoms with van der Waals surface area (Å²) in [7, 11) is 0. The van der Waals surface area contributed by atoms with Crippen LogP contribution in [0.15, 0.2) is 18.2 Å². The van der Waals surface area contributed by atoms with Crippen molar-refractivity contribution in [1.82, 2.24) is 5.32 Å². The summed E-state index contributed by atoms with van der Waals surface area (Å²) in [4.78, 5) is 11.6. The van der Waals surface area contributed by atoms with Crippen LogP contribution in [0.3, 0.4) is 0 Å². The number of carbonyl (C=O) groups is 1. The summed E-state index contributed by atoms with van der Waals surface area (Å²) < 4.78 is 37.5. The zero-order valence-corrected chi connectivity index (χ0v) is 9.90. The van der Waals surface area contributed by atoms with Gasteiger partial charge in [0.25, 0.3) is 0 Å². The van der Waals surface area contributed by atoms with Crippen LogP contribution in [0.4, 0.5) is 18.9 Å². The Morgan fingerprint density at radius 1 is 1.39 bits per heavy atom. The third-order valence-electron chi connectivity index (χ3n) is 2.70. The fourth-order valence-corrected chi connectivity index (χ4v) is 1.67. The lowest BCUT2D eigenvalue weighted by molar-refractivity contribution is -0.137. The van der Waals surface area contributed by atoms with Crippen molar-refractivity contribution < 1.29 is 18.0 Å². The third-order valence-corrected chi connectivity index (χ3v) is 3.03. The van der Waals surface area contributed by atoms with E-state index < -0.39 is 11.7 Å². The third kappa shape index (κ3) is 2.76. The van der Waals surface area contributed by atoms with Crippen molar-refractivity contribution in [3.05, 3.63) is 28.8 Å². The minimum Gasteiger partial charge on any atom is -0.324 e. The van der Waals surface area contributed by atoms with Crippen molar-refractivity contribution in [3.8, 4) is 0 Å². The van der Waals surface area contributed by atoms with Crippen LogP contribution in [0.25, 0.3) is 0 Å². The standard InChI is InChI=1S/C11H10ClF3N2O/c12-8-2-1-7(11(13,14)15)3-9(8)17-10(18)6-4-16-5-6/h1-3,6,16H,4-5H2,(H,17,18). The molecule has 0 aromatic heterocycles. The van der Waals surface area contributed by atoms with Crippen molar-refractivity contribution in [1.29, 1.82) is 0 Å².